The molecule has 1 amide bonds. The lowest BCUT2D eigenvalue weighted by molar-refractivity contribution is 0.0953. The van der Waals surface area contributed by atoms with Crippen molar-refractivity contribution < 1.29 is 18.8 Å². The topological polar surface area (TPSA) is 73.6 Å². The van der Waals surface area contributed by atoms with E-state index in [2.05, 4.69) is 22.6 Å². The molecule has 1 aromatic heterocycles. The van der Waals surface area contributed by atoms with Gasteiger partial charge >= 0.3 is 0 Å². The molecule has 2 aromatic carbocycles. The van der Waals surface area contributed by atoms with Crippen molar-refractivity contribution in [2.75, 3.05) is 13.3 Å². The second-order valence-electron chi connectivity index (χ2n) is 6.39. The van der Waals surface area contributed by atoms with Gasteiger partial charge in [-0.3, -0.25) is 4.79 Å². The molecule has 0 bridgehead atoms. The summed E-state index contributed by atoms with van der Waals surface area (Å²) >= 11 is 0. The van der Waals surface area contributed by atoms with Crippen LogP contribution in [-0.4, -0.2) is 24.4 Å². The van der Waals surface area contributed by atoms with Crippen LogP contribution in [0.3, 0.4) is 0 Å². The van der Waals surface area contributed by atoms with Gasteiger partial charge in [-0.05, 0) is 43.5 Å². The number of rotatable bonds is 6. The predicted molar refractivity (Wildman–Crippen MR) is 99.9 cm³/mol. The normalized spacial score (nSPS) is 12.2. The van der Waals surface area contributed by atoms with E-state index in [0.717, 1.165) is 18.4 Å². The standard InChI is InChI=1S/C21H20N2O4/c1-14-19(21(24)22-11-5-8-15-6-3-2-4-7-15)20(27-23-14)16-9-10-17-18(12-16)26-13-25-17/h2-4,6-7,9-10,12H,5,8,11,13H2,1H3,(H,22,24). The van der Waals surface area contributed by atoms with Gasteiger partial charge < -0.3 is 19.3 Å². The zero-order valence-electron chi connectivity index (χ0n) is 15.0. The molecule has 0 spiro atoms. The van der Waals surface area contributed by atoms with Gasteiger partial charge in [-0.25, -0.2) is 0 Å². The van der Waals surface area contributed by atoms with Gasteiger partial charge in [-0.2, -0.15) is 0 Å². The fourth-order valence-electron chi connectivity index (χ4n) is 3.10. The smallest absolute Gasteiger partial charge is 0.257 e. The molecule has 4 rings (SSSR count). The van der Waals surface area contributed by atoms with E-state index in [1.807, 2.05) is 24.3 Å². The van der Waals surface area contributed by atoms with Crippen molar-refractivity contribution in [2.45, 2.75) is 19.8 Å². The van der Waals surface area contributed by atoms with Crippen molar-refractivity contribution >= 4 is 5.91 Å². The maximum absolute atomic E-state index is 12.7. The lowest BCUT2D eigenvalue weighted by atomic mass is 10.1. The van der Waals surface area contributed by atoms with E-state index in [1.54, 1.807) is 19.1 Å². The van der Waals surface area contributed by atoms with Crippen molar-refractivity contribution in [3.05, 3.63) is 65.4 Å². The first-order chi connectivity index (χ1) is 13.2. The minimum Gasteiger partial charge on any atom is -0.454 e. The van der Waals surface area contributed by atoms with Crippen LogP contribution >= 0.6 is 0 Å². The maximum atomic E-state index is 12.7. The van der Waals surface area contributed by atoms with Crippen molar-refractivity contribution in [3.63, 3.8) is 0 Å². The molecular weight excluding hydrogens is 344 g/mol. The number of hydrogen-bond acceptors (Lipinski definition) is 5. The molecule has 1 aliphatic rings. The monoisotopic (exact) mass is 364 g/mol. The molecule has 0 saturated heterocycles. The van der Waals surface area contributed by atoms with E-state index in [1.165, 1.54) is 5.56 Å². The summed E-state index contributed by atoms with van der Waals surface area (Å²) in [7, 11) is 0. The summed E-state index contributed by atoms with van der Waals surface area (Å²) in [5.41, 5.74) is 3.00. The van der Waals surface area contributed by atoms with Gasteiger partial charge in [-0.15, -0.1) is 0 Å². The van der Waals surface area contributed by atoms with Gasteiger partial charge in [-0.1, -0.05) is 35.5 Å². The molecule has 6 nitrogen and oxygen atoms in total. The number of nitrogens with zero attached hydrogens (tertiary/aromatic N) is 1. The Morgan fingerprint density at radius 1 is 1.11 bits per heavy atom. The molecule has 0 unspecified atom stereocenters. The molecule has 0 saturated carbocycles. The molecule has 3 aromatic rings. The van der Waals surface area contributed by atoms with Crippen LogP contribution in [0, 0.1) is 6.92 Å². The Morgan fingerprint density at radius 2 is 1.93 bits per heavy atom. The van der Waals surface area contributed by atoms with Crippen LogP contribution in [0.1, 0.15) is 28.0 Å². The minimum atomic E-state index is -0.186. The van der Waals surface area contributed by atoms with Gasteiger partial charge in [0.15, 0.2) is 17.3 Å². The molecule has 0 atom stereocenters. The molecule has 1 N–H and O–H groups in total. The lowest BCUT2D eigenvalue weighted by Crippen LogP contribution is -2.25. The lowest BCUT2D eigenvalue weighted by Gasteiger charge is -2.06. The Hall–Kier alpha value is -3.28. The van der Waals surface area contributed by atoms with Crippen LogP contribution in [0.25, 0.3) is 11.3 Å². The van der Waals surface area contributed by atoms with Gasteiger partial charge in [0, 0.05) is 12.1 Å². The molecule has 27 heavy (non-hydrogen) atoms. The summed E-state index contributed by atoms with van der Waals surface area (Å²) < 4.78 is 16.2. The highest BCUT2D eigenvalue weighted by molar-refractivity contribution is 6.00. The summed E-state index contributed by atoms with van der Waals surface area (Å²) in [6, 6.07) is 15.6. The number of amides is 1. The van der Waals surface area contributed by atoms with Gasteiger partial charge in [0.1, 0.15) is 5.56 Å². The number of ether oxygens (including phenoxy) is 2. The van der Waals surface area contributed by atoms with Crippen molar-refractivity contribution in [2.24, 2.45) is 0 Å². The minimum absolute atomic E-state index is 0.186. The van der Waals surface area contributed by atoms with Crippen molar-refractivity contribution in [1.82, 2.24) is 10.5 Å². The first-order valence-electron chi connectivity index (χ1n) is 8.91. The third-order valence-electron chi connectivity index (χ3n) is 4.50. The molecule has 138 valence electrons. The largest absolute Gasteiger partial charge is 0.454 e. The molecule has 1 aliphatic heterocycles. The number of aromatic nitrogens is 1. The van der Waals surface area contributed by atoms with Crippen LogP contribution in [0.4, 0.5) is 0 Å². The zero-order chi connectivity index (χ0) is 18.6. The first-order valence-corrected chi connectivity index (χ1v) is 8.91. The Bertz CT molecular complexity index is 950. The number of aryl methyl sites for hydroxylation is 2. The quantitative estimate of drug-likeness (QED) is 0.675. The first kappa shape index (κ1) is 17.1. The fourth-order valence-corrected chi connectivity index (χ4v) is 3.10. The summed E-state index contributed by atoms with van der Waals surface area (Å²) in [6.07, 6.45) is 1.78. The third-order valence-corrected chi connectivity index (χ3v) is 4.50. The summed E-state index contributed by atoms with van der Waals surface area (Å²) in [4.78, 5) is 12.7. The fraction of sp³-hybridized carbons (Fsp3) is 0.238. The van der Waals surface area contributed by atoms with E-state index in [-0.39, 0.29) is 12.7 Å². The Morgan fingerprint density at radius 3 is 2.78 bits per heavy atom. The SMILES string of the molecule is Cc1noc(-c2ccc3c(c2)OCO3)c1C(=O)NCCCc1ccccc1. The van der Waals surface area contributed by atoms with E-state index < -0.39 is 0 Å². The van der Waals surface area contributed by atoms with Crippen LogP contribution in [0.5, 0.6) is 11.5 Å². The average Bonchev–Trinajstić information content (AvgIpc) is 3.31. The molecule has 0 radical (unpaired) electrons. The van der Waals surface area contributed by atoms with Crippen molar-refractivity contribution in [3.8, 4) is 22.8 Å². The van der Waals surface area contributed by atoms with Crippen LogP contribution in [-0.2, 0) is 6.42 Å². The third kappa shape index (κ3) is 3.65. The van der Waals surface area contributed by atoms with Crippen molar-refractivity contribution in [1.29, 1.82) is 0 Å². The Kier molecular flexibility index (Phi) is 4.78. The van der Waals surface area contributed by atoms with Crippen LogP contribution < -0.4 is 14.8 Å². The number of carbonyl (C=O) groups is 1. The Balaban J connectivity index is 1.44. The second kappa shape index (κ2) is 7.53. The van der Waals surface area contributed by atoms with Crippen LogP contribution in [0.15, 0.2) is 53.1 Å². The highest BCUT2D eigenvalue weighted by Crippen LogP contribution is 2.37. The van der Waals surface area contributed by atoms with E-state index in [0.29, 0.717) is 35.1 Å². The van der Waals surface area contributed by atoms with E-state index in [4.69, 9.17) is 14.0 Å². The summed E-state index contributed by atoms with van der Waals surface area (Å²) in [5.74, 6) is 1.57. The molecule has 0 fully saturated rings. The number of hydrogen-bond donors (Lipinski definition) is 1. The molecular formula is C21H20N2O4. The number of nitrogens with one attached hydrogen (secondary N) is 1. The number of carbonyl (C=O) groups excluding carboxylic acids is 1. The van der Waals surface area contributed by atoms with Crippen LogP contribution in [0.2, 0.25) is 0 Å². The van der Waals surface area contributed by atoms with E-state index in [9.17, 15) is 4.79 Å². The highest BCUT2D eigenvalue weighted by Gasteiger charge is 2.23. The van der Waals surface area contributed by atoms with Gasteiger partial charge in [0.25, 0.3) is 5.91 Å². The average molecular weight is 364 g/mol. The summed E-state index contributed by atoms with van der Waals surface area (Å²) in [5, 5.41) is 6.94. The highest BCUT2D eigenvalue weighted by atomic mass is 16.7. The number of fused-ring (bicyclic) bond motifs is 1. The zero-order valence-corrected chi connectivity index (χ0v) is 15.0. The number of benzene rings is 2. The predicted octanol–water partition coefficient (Wildman–Crippen LogP) is 3.74. The Labute approximate surface area is 157 Å². The van der Waals surface area contributed by atoms with Gasteiger partial charge in [0.2, 0.25) is 6.79 Å². The van der Waals surface area contributed by atoms with Gasteiger partial charge in [0.05, 0.1) is 5.69 Å². The molecule has 2 heterocycles. The maximum Gasteiger partial charge on any atom is 0.257 e. The second-order valence-corrected chi connectivity index (χ2v) is 6.39. The molecule has 6 heteroatoms. The molecule has 0 aliphatic carbocycles. The van der Waals surface area contributed by atoms with E-state index >= 15 is 0 Å². The summed E-state index contributed by atoms with van der Waals surface area (Å²) in [6.45, 7) is 2.54.